The zero-order chi connectivity index (χ0) is 18.8. The van der Waals surface area contributed by atoms with Crippen LogP contribution in [0.5, 0.6) is 0 Å². The number of aryl methyl sites for hydroxylation is 1. The number of hydrogen-bond acceptors (Lipinski definition) is 6. The van der Waals surface area contributed by atoms with Crippen molar-refractivity contribution in [3.05, 3.63) is 33.1 Å². The van der Waals surface area contributed by atoms with Crippen molar-refractivity contribution in [2.75, 3.05) is 49.1 Å². The van der Waals surface area contributed by atoms with E-state index in [4.69, 9.17) is 16.6 Å². The second kappa shape index (κ2) is 8.02. The number of amides is 1. The average molecular weight is 406 g/mol. The van der Waals surface area contributed by atoms with Gasteiger partial charge in [-0.05, 0) is 38.3 Å². The van der Waals surface area contributed by atoms with E-state index in [0.717, 1.165) is 43.6 Å². The van der Waals surface area contributed by atoms with Crippen molar-refractivity contribution >= 4 is 40.6 Å². The molecule has 0 aromatic carbocycles. The van der Waals surface area contributed by atoms with E-state index in [1.165, 1.54) is 30.6 Å². The van der Waals surface area contributed by atoms with Crippen LogP contribution in [0.4, 0.5) is 11.8 Å². The highest BCUT2D eigenvalue weighted by Gasteiger charge is 2.25. The molecule has 0 atom stereocenters. The Morgan fingerprint density at radius 2 is 1.74 bits per heavy atom. The van der Waals surface area contributed by atoms with Crippen molar-refractivity contribution in [3.8, 4) is 0 Å². The minimum Gasteiger partial charge on any atom is -0.356 e. The molecule has 0 saturated carbocycles. The molecule has 0 N–H and O–H groups in total. The highest BCUT2D eigenvalue weighted by atomic mass is 35.5. The van der Waals surface area contributed by atoms with E-state index in [2.05, 4.69) is 20.9 Å². The van der Waals surface area contributed by atoms with Crippen LogP contribution in [0.3, 0.4) is 0 Å². The molecule has 1 amide bonds. The Labute approximate surface area is 168 Å². The van der Waals surface area contributed by atoms with Gasteiger partial charge in [-0.3, -0.25) is 4.79 Å². The number of carbonyl (C=O) groups is 1. The van der Waals surface area contributed by atoms with E-state index in [9.17, 15) is 4.79 Å². The molecule has 4 heterocycles. The predicted octanol–water partition coefficient (Wildman–Crippen LogP) is 3.45. The number of nitrogens with zero attached hydrogens (tertiary/aromatic N) is 5. The van der Waals surface area contributed by atoms with Gasteiger partial charge in [-0.15, -0.1) is 11.3 Å². The number of thiophene rings is 1. The summed E-state index contributed by atoms with van der Waals surface area (Å²) in [5.41, 5.74) is 0.993. The number of anilines is 2. The summed E-state index contributed by atoms with van der Waals surface area (Å²) in [6.07, 6.45) is 3.76. The Balaban J connectivity index is 1.43. The summed E-state index contributed by atoms with van der Waals surface area (Å²) in [6.45, 7) is 7.00. The predicted molar refractivity (Wildman–Crippen MR) is 110 cm³/mol. The van der Waals surface area contributed by atoms with Crippen molar-refractivity contribution in [2.45, 2.75) is 26.2 Å². The quantitative estimate of drug-likeness (QED) is 0.782. The van der Waals surface area contributed by atoms with Crippen LogP contribution in [0.25, 0.3) is 0 Å². The van der Waals surface area contributed by atoms with E-state index in [1.54, 1.807) is 12.1 Å². The average Bonchev–Trinajstić information content (AvgIpc) is 3.14. The number of piperazine rings is 1. The van der Waals surface area contributed by atoms with Gasteiger partial charge in [0.05, 0.1) is 9.21 Å². The van der Waals surface area contributed by atoms with Gasteiger partial charge in [0, 0.05) is 51.0 Å². The number of halogens is 1. The van der Waals surface area contributed by atoms with Crippen LogP contribution in [0, 0.1) is 6.92 Å². The van der Waals surface area contributed by atoms with Crippen molar-refractivity contribution < 1.29 is 4.79 Å². The highest BCUT2D eigenvalue weighted by molar-refractivity contribution is 7.17. The van der Waals surface area contributed by atoms with Crippen molar-refractivity contribution in [1.82, 2.24) is 14.9 Å². The fraction of sp³-hybridized carbons (Fsp3) is 0.526. The molecule has 2 saturated heterocycles. The Morgan fingerprint density at radius 3 is 2.41 bits per heavy atom. The molecule has 2 aromatic heterocycles. The van der Waals surface area contributed by atoms with Gasteiger partial charge in [-0.2, -0.15) is 4.98 Å². The Kier molecular flexibility index (Phi) is 5.50. The fourth-order valence-corrected chi connectivity index (χ4v) is 4.67. The smallest absolute Gasteiger partial charge is 0.264 e. The van der Waals surface area contributed by atoms with Gasteiger partial charge < -0.3 is 14.7 Å². The lowest BCUT2D eigenvalue weighted by Gasteiger charge is -2.35. The standard InChI is InChI=1S/C19H24ClN5OS/c1-14-13-17(23-7-3-2-4-8-23)22-19(21-14)25-11-9-24(10-12-25)18(26)15-5-6-16(20)27-15/h5-6,13H,2-4,7-12H2,1H3. The van der Waals surface area contributed by atoms with Gasteiger partial charge in [0.2, 0.25) is 5.95 Å². The van der Waals surface area contributed by atoms with Crippen LogP contribution in [0.1, 0.15) is 34.6 Å². The molecule has 8 heteroatoms. The monoisotopic (exact) mass is 405 g/mol. The third-order valence-corrected chi connectivity index (χ3v) is 6.36. The van der Waals surface area contributed by atoms with E-state index in [-0.39, 0.29) is 5.91 Å². The maximum Gasteiger partial charge on any atom is 0.264 e. The fourth-order valence-electron chi connectivity index (χ4n) is 3.66. The van der Waals surface area contributed by atoms with E-state index in [0.29, 0.717) is 22.3 Å². The molecule has 2 fully saturated rings. The third kappa shape index (κ3) is 4.19. The highest BCUT2D eigenvalue weighted by Crippen LogP contribution is 2.25. The number of aromatic nitrogens is 2. The Hall–Kier alpha value is -1.86. The minimum atomic E-state index is 0.0608. The molecule has 2 aliphatic heterocycles. The maximum absolute atomic E-state index is 12.6. The van der Waals surface area contributed by atoms with Crippen LogP contribution in [-0.4, -0.2) is 60.0 Å². The van der Waals surface area contributed by atoms with Gasteiger partial charge >= 0.3 is 0 Å². The third-order valence-electron chi connectivity index (χ3n) is 5.14. The van der Waals surface area contributed by atoms with E-state index >= 15 is 0 Å². The van der Waals surface area contributed by atoms with Gasteiger partial charge in [-0.1, -0.05) is 11.6 Å². The first-order valence-corrected chi connectivity index (χ1v) is 10.7. The van der Waals surface area contributed by atoms with Gasteiger partial charge in [0.1, 0.15) is 5.82 Å². The lowest BCUT2D eigenvalue weighted by atomic mass is 10.1. The first-order valence-electron chi connectivity index (χ1n) is 9.50. The number of rotatable bonds is 3. The molecule has 2 aliphatic rings. The first-order chi connectivity index (χ1) is 13.1. The van der Waals surface area contributed by atoms with Gasteiger partial charge in [0.15, 0.2) is 0 Å². The molecule has 2 aromatic rings. The van der Waals surface area contributed by atoms with Crippen LogP contribution in [-0.2, 0) is 0 Å². The summed E-state index contributed by atoms with van der Waals surface area (Å²) in [4.78, 5) is 29.2. The molecule has 27 heavy (non-hydrogen) atoms. The second-order valence-corrected chi connectivity index (χ2v) is 8.81. The molecular weight excluding hydrogens is 382 g/mol. The second-order valence-electron chi connectivity index (χ2n) is 7.10. The number of carbonyl (C=O) groups excluding carboxylic acids is 1. The largest absolute Gasteiger partial charge is 0.356 e. The van der Waals surface area contributed by atoms with Crippen LogP contribution >= 0.6 is 22.9 Å². The van der Waals surface area contributed by atoms with Crippen LogP contribution in [0.2, 0.25) is 4.34 Å². The van der Waals surface area contributed by atoms with Crippen LogP contribution in [0.15, 0.2) is 18.2 Å². The van der Waals surface area contributed by atoms with Crippen molar-refractivity contribution in [3.63, 3.8) is 0 Å². The first kappa shape index (κ1) is 18.5. The van der Waals surface area contributed by atoms with Gasteiger partial charge in [0.25, 0.3) is 5.91 Å². The summed E-state index contributed by atoms with van der Waals surface area (Å²) in [7, 11) is 0. The molecule has 0 bridgehead atoms. The molecule has 0 spiro atoms. The Bertz CT molecular complexity index is 812. The summed E-state index contributed by atoms with van der Waals surface area (Å²) >= 11 is 7.30. The number of piperidine rings is 1. The summed E-state index contributed by atoms with van der Waals surface area (Å²) in [5, 5.41) is 0. The van der Waals surface area contributed by atoms with Crippen LogP contribution < -0.4 is 9.80 Å². The molecule has 144 valence electrons. The summed E-state index contributed by atoms with van der Waals surface area (Å²) < 4.78 is 0.649. The SMILES string of the molecule is Cc1cc(N2CCCCC2)nc(N2CCN(C(=O)c3ccc(Cl)s3)CC2)n1. The minimum absolute atomic E-state index is 0.0608. The molecule has 6 nitrogen and oxygen atoms in total. The number of hydrogen-bond donors (Lipinski definition) is 0. The van der Waals surface area contributed by atoms with E-state index in [1.807, 2.05) is 11.8 Å². The zero-order valence-electron chi connectivity index (χ0n) is 15.5. The lowest BCUT2D eigenvalue weighted by molar-refractivity contribution is 0.0751. The zero-order valence-corrected chi connectivity index (χ0v) is 17.1. The molecule has 0 radical (unpaired) electrons. The maximum atomic E-state index is 12.6. The molecule has 0 aliphatic carbocycles. The summed E-state index contributed by atoms with van der Waals surface area (Å²) in [6, 6.07) is 5.66. The topological polar surface area (TPSA) is 52.6 Å². The normalized spacial score (nSPS) is 18.1. The van der Waals surface area contributed by atoms with Crippen molar-refractivity contribution in [1.29, 1.82) is 0 Å². The molecule has 4 rings (SSSR count). The van der Waals surface area contributed by atoms with E-state index < -0.39 is 0 Å². The molecular formula is C19H24ClN5OS. The van der Waals surface area contributed by atoms with Crippen molar-refractivity contribution in [2.24, 2.45) is 0 Å². The molecule has 0 unspecified atom stereocenters. The Morgan fingerprint density at radius 1 is 1.00 bits per heavy atom. The summed E-state index contributed by atoms with van der Waals surface area (Å²) in [5.74, 6) is 1.87. The van der Waals surface area contributed by atoms with Gasteiger partial charge in [-0.25, -0.2) is 4.98 Å². The lowest BCUT2D eigenvalue weighted by Crippen LogP contribution is -2.49.